The maximum atomic E-state index is 11.7. The van der Waals surface area contributed by atoms with E-state index in [1.165, 1.54) is 12.8 Å². The number of hydrogen-bond acceptors (Lipinski definition) is 4. The Balaban J connectivity index is 2.42. The average Bonchev–Trinajstić information content (AvgIpc) is 2.57. The van der Waals surface area contributed by atoms with Gasteiger partial charge in [-0.15, -0.1) is 0 Å². The van der Waals surface area contributed by atoms with Crippen molar-refractivity contribution in [3.63, 3.8) is 0 Å². The molecule has 146 valence electrons. The lowest BCUT2D eigenvalue weighted by molar-refractivity contribution is 0.0484. The smallest absolute Gasteiger partial charge is 0.407 e. The van der Waals surface area contributed by atoms with E-state index < -0.39 is 11.7 Å². The van der Waals surface area contributed by atoms with Crippen LogP contribution in [0.3, 0.4) is 0 Å². The second-order valence-corrected chi connectivity index (χ2v) is 7.29. The summed E-state index contributed by atoms with van der Waals surface area (Å²) in [4.78, 5) is 11.7. The van der Waals surface area contributed by atoms with Crippen LogP contribution in [0.5, 0.6) is 5.75 Å². The molecule has 0 fully saturated rings. The van der Waals surface area contributed by atoms with Crippen molar-refractivity contribution in [3.8, 4) is 5.75 Å². The summed E-state index contributed by atoms with van der Waals surface area (Å²) in [7, 11) is 0. The van der Waals surface area contributed by atoms with Crippen LogP contribution in [0.1, 0.15) is 58.9 Å². The Morgan fingerprint density at radius 3 is 2.50 bits per heavy atom. The zero-order chi connectivity index (χ0) is 19.4. The summed E-state index contributed by atoms with van der Waals surface area (Å²) in [5.74, 6) is 0.873. The number of alkyl carbamates (subject to hydrolysis) is 1. The van der Waals surface area contributed by atoms with Crippen LogP contribution in [0.15, 0.2) is 30.3 Å². The normalized spacial score (nSPS) is 12.8. The molecule has 0 bridgehead atoms. The molecule has 5 nitrogen and oxygen atoms in total. The number of carbonyl (C=O) groups excluding carboxylic acids is 1. The summed E-state index contributed by atoms with van der Waals surface area (Å²) >= 11 is 0. The van der Waals surface area contributed by atoms with Crippen LogP contribution in [0, 0.1) is 0 Å². The van der Waals surface area contributed by atoms with E-state index in [2.05, 4.69) is 12.2 Å². The fourth-order valence-corrected chi connectivity index (χ4v) is 2.24. The Bertz CT molecular complexity index is 546. The highest BCUT2D eigenvalue weighted by molar-refractivity contribution is 5.68. The van der Waals surface area contributed by atoms with E-state index in [9.17, 15) is 9.90 Å². The Labute approximate surface area is 157 Å². The number of hydrogen-bond donors (Lipinski definition) is 2. The summed E-state index contributed by atoms with van der Waals surface area (Å²) in [6.45, 7) is 8.18. The number of nitrogens with one attached hydrogen (secondary N) is 1. The standard InChI is InChI=1S/C21H33NO4/c1-5-6-7-15-25-19-13-11-17(12-14-19)9-8-10-18(16-23)22-20(24)26-21(2,3)4/h8-9,11-14,18,23H,5-7,10,15-16H2,1-4H3,(H,22,24)/b9-8+/t18-/m0/s1. The van der Waals surface area contributed by atoms with E-state index in [1.54, 1.807) is 20.8 Å². The lowest BCUT2D eigenvalue weighted by Gasteiger charge is -2.22. The summed E-state index contributed by atoms with van der Waals surface area (Å²) < 4.78 is 10.9. The maximum absolute atomic E-state index is 11.7. The van der Waals surface area contributed by atoms with E-state index in [0.717, 1.165) is 24.3 Å². The number of ether oxygens (including phenoxy) is 2. The second-order valence-electron chi connectivity index (χ2n) is 7.29. The van der Waals surface area contributed by atoms with Crippen LogP contribution in [0.2, 0.25) is 0 Å². The summed E-state index contributed by atoms with van der Waals surface area (Å²) in [5, 5.41) is 12.1. The Morgan fingerprint density at radius 2 is 1.92 bits per heavy atom. The number of aliphatic hydroxyl groups is 1. The molecule has 0 aliphatic rings. The third-order valence-corrected chi connectivity index (χ3v) is 3.57. The predicted octanol–water partition coefficient (Wildman–Crippen LogP) is 4.54. The monoisotopic (exact) mass is 363 g/mol. The van der Waals surface area contributed by atoms with Crippen LogP contribution in [0.4, 0.5) is 4.79 Å². The van der Waals surface area contributed by atoms with E-state index in [1.807, 2.05) is 36.4 Å². The quantitative estimate of drug-likeness (QED) is 0.599. The summed E-state index contributed by atoms with van der Waals surface area (Å²) in [5.41, 5.74) is 0.486. The number of aliphatic hydroxyl groups excluding tert-OH is 1. The third-order valence-electron chi connectivity index (χ3n) is 3.57. The van der Waals surface area contributed by atoms with Crippen LogP contribution < -0.4 is 10.1 Å². The van der Waals surface area contributed by atoms with Crippen LogP contribution >= 0.6 is 0 Å². The van der Waals surface area contributed by atoms with Gasteiger partial charge < -0.3 is 19.9 Å². The van der Waals surface area contributed by atoms with E-state index in [0.29, 0.717) is 6.42 Å². The van der Waals surface area contributed by atoms with Crippen molar-refractivity contribution >= 4 is 12.2 Å². The molecule has 0 aliphatic carbocycles. The van der Waals surface area contributed by atoms with Crippen molar-refractivity contribution < 1.29 is 19.4 Å². The molecule has 0 aliphatic heterocycles. The van der Waals surface area contributed by atoms with Gasteiger partial charge in [0.05, 0.1) is 19.3 Å². The number of carbonyl (C=O) groups is 1. The van der Waals surface area contributed by atoms with Gasteiger partial charge in [-0.05, 0) is 51.3 Å². The van der Waals surface area contributed by atoms with Crippen LogP contribution in [-0.2, 0) is 4.74 Å². The lowest BCUT2D eigenvalue weighted by atomic mass is 10.1. The zero-order valence-electron chi connectivity index (χ0n) is 16.5. The number of benzene rings is 1. The Hall–Kier alpha value is -2.01. The molecule has 0 heterocycles. The first kappa shape index (κ1) is 22.0. The first-order chi connectivity index (χ1) is 12.3. The van der Waals surface area contributed by atoms with Gasteiger partial charge in [0.25, 0.3) is 0 Å². The molecule has 5 heteroatoms. The molecule has 0 aromatic heterocycles. The minimum absolute atomic E-state index is 0.145. The van der Waals surface area contributed by atoms with Gasteiger partial charge in [-0.25, -0.2) is 4.79 Å². The van der Waals surface area contributed by atoms with Crippen molar-refractivity contribution in [2.75, 3.05) is 13.2 Å². The molecular formula is C21H33NO4. The van der Waals surface area contributed by atoms with Gasteiger partial charge in [-0.2, -0.15) is 0 Å². The molecule has 1 rings (SSSR count). The highest BCUT2D eigenvalue weighted by atomic mass is 16.6. The van der Waals surface area contributed by atoms with Gasteiger partial charge in [0.2, 0.25) is 0 Å². The average molecular weight is 363 g/mol. The molecule has 2 N–H and O–H groups in total. The van der Waals surface area contributed by atoms with Gasteiger partial charge in [-0.1, -0.05) is 44.1 Å². The van der Waals surface area contributed by atoms with Crippen molar-refractivity contribution in [1.29, 1.82) is 0 Å². The maximum Gasteiger partial charge on any atom is 0.407 e. The molecular weight excluding hydrogens is 330 g/mol. The Kier molecular flexibility index (Phi) is 9.81. The number of unbranched alkanes of at least 4 members (excludes halogenated alkanes) is 2. The minimum Gasteiger partial charge on any atom is -0.494 e. The SMILES string of the molecule is CCCCCOc1ccc(/C=C/C[C@@H](CO)NC(=O)OC(C)(C)C)cc1. The molecule has 26 heavy (non-hydrogen) atoms. The lowest BCUT2D eigenvalue weighted by Crippen LogP contribution is -2.40. The third kappa shape index (κ3) is 10.1. The zero-order valence-corrected chi connectivity index (χ0v) is 16.5. The van der Waals surface area contributed by atoms with Crippen molar-refractivity contribution in [2.45, 2.75) is 65.0 Å². The van der Waals surface area contributed by atoms with E-state index in [4.69, 9.17) is 9.47 Å². The molecule has 0 unspecified atom stereocenters. The van der Waals surface area contributed by atoms with Crippen molar-refractivity contribution in [2.24, 2.45) is 0 Å². The van der Waals surface area contributed by atoms with Gasteiger partial charge in [0.15, 0.2) is 0 Å². The molecule has 1 atom stereocenters. The molecule has 0 saturated heterocycles. The summed E-state index contributed by atoms with van der Waals surface area (Å²) in [6.07, 6.45) is 7.33. The Morgan fingerprint density at radius 1 is 1.23 bits per heavy atom. The fraction of sp³-hybridized carbons (Fsp3) is 0.571. The number of amides is 1. The van der Waals surface area contributed by atoms with Crippen molar-refractivity contribution in [1.82, 2.24) is 5.32 Å². The molecule has 1 aromatic rings. The molecule has 0 saturated carbocycles. The van der Waals surface area contributed by atoms with Crippen LogP contribution in [0.25, 0.3) is 6.08 Å². The number of rotatable bonds is 10. The first-order valence-electron chi connectivity index (χ1n) is 9.34. The first-order valence-corrected chi connectivity index (χ1v) is 9.34. The highest BCUT2D eigenvalue weighted by Gasteiger charge is 2.18. The minimum atomic E-state index is -0.555. The van der Waals surface area contributed by atoms with Crippen LogP contribution in [-0.4, -0.2) is 36.1 Å². The fourth-order valence-electron chi connectivity index (χ4n) is 2.24. The predicted molar refractivity (Wildman–Crippen MR) is 105 cm³/mol. The largest absolute Gasteiger partial charge is 0.494 e. The van der Waals surface area contributed by atoms with Gasteiger partial charge in [0, 0.05) is 0 Å². The highest BCUT2D eigenvalue weighted by Crippen LogP contribution is 2.14. The van der Waals surface area contributed by atoms with E-state index in [-0.39, 0.29) is 12.6 Å². The molecule has 1 amide bonds. The molecule has 1 aromatic carbocycles. The van der Waals surface area contributed by atoms with Gasteiger partial charge in [0.1, 0.15) is 11.4 Å². The second kappa shape index (κ2) is 11.6. The summed E-state index contributed by atoms with van der Waals surface area (Å²) in [6, 6.07) is 7.51. The van der Waals surface area contributed by atoms with Gasteiger partial charge in [-0.3, -0.25) is 0 Å². The van der Waals surface area contributed by atoms with E-state index >= 15 is 0 Å². The van der Waals surface area contributed by atoms with Crippen molar-refractivity contribution in [3.05, 3.63) is 35.9 Å². The topological polar surface area (TPSA) is 67.8 Å². The molecule has 0 spiro atoms. The van der Waals surface area contributed by atoms with Gasteiger partial charge >= 0.3 is 6.09 Å². The molecule has 0 radical (unpaired) electrons.